The van der Waals surface area contributed by atoms with E-state index in [0.717, 1.165) is 24.3 Å². The van der Waals surface area contributed by atoms with E-state index in [1.54, 1.807) is 42.5 Å². The van der Waals surface area contributed by atoms with Gasteiger partial charge in [-0.15, -0.1) is 0 Å². The number of rotatable bonds is 5. The van der Waals surface area contributed by atoms with Gasteiger partial charge in [0.2, 0.25) is 9.84 Å². The zero-order chi connectivity index (χ0) is 19.3. The Kier molecular flexibility index (Phi) is 5.34. The van der Waals surface area contributed by atoms with Gasteiger partial charge in [0.1, 0.15) is 28.3 Å². The van der Waals surface area contributed by atoms with Gasteiger partial charge in [-0.05, 0) is 60.2 Å². The van der Waals surface area contributed by atoms with E-state index in [4.69, 9.17) is 4.74 Å². The van der Waals surface area contributed by atoms with Gasteiger partial charge in [0.05, 0.1) is 4.90 Å². The smallest absolute Gasteiger partial charge is 0.216 e. The second kappa shape index (κ2) is 7.85. The summed E-state index contributed by atoms with van der Waals surface area (Å²) in [5, 5.41) is 9.34. The number of para-hydroxylation sites is 1. The maximum atomic E-state index is 13.0. The van der Waals surface area contributed by atoms with Crippen molar-refractivity contribution in [2.24, 2.45) is 0 Å². The number of hydrogen-bond acceptors (Lipinski definition) is 4. The van der Waals surface area contributed by atoms with E-state index in [-0.39, 0.29) is 4.90 Å². The van der Waals surface area contributed by atoms with Crippen molar-refractivity contribution in [2.75, 3.05) is 0 Å². The third-order valence-corrected chi connectivity index (χ3v) is 5.34. The molecule has 0 fully saturated rings. The van der Waals surface area contributed by atoms with Crippen LogP contribution in [0.3, 0.4) is 0 Å². The Bertz CT molecular complexity index is 1120. The fraction of sp³-hybridized carbons (Fsp3) is 0. The monoisotopic (exact) mass is 379 g/mol. The highest BCUT2D eigenvalue weighted by atomic mass is 32.2. The highest BCUT2D eigenvalue weighted by Crippen LogP contribution is 2.25. The summed E-state index contributed by atoms with van der Waals surface area (Å²) in [5.41, 5.74) is 0.491. The van der Waals surface area contributed by atoms with Crippen LogP contribution in [0, 0.1) is 17.1 Å². The first kappa shape index (κ1) is 18.4. The molecule has 0 saturated carbocycles. The Morgan fingerprint density at radius 1 is 0.926 bits per heavy atom. The lowest BCUT2D eigenvalue weighted by Gasteiger charge is -2.07. The zero-order valence-corrected chi connectivity index (χ0v) is 14.9. The minimum absolute atomic E-state index is 0.145. The van der Waals surface area contributed by atoms with Crippen LogP contribution in [0.25, 0.3) is 6.08 Å². The Balaban J connectivity index is 1.93. The van der Waals surface area contributed by atoms with Crippen LogP contribution in [0.2, 0.25) is 0 Å². The maximum absolute atomic E-state index is 13.0. The summed E-state index contributed by atoms with van der Waals surface area (Å²) in [6.45, 7) is 0. The summed E-state index contributed by atoms with van der Waals surface area (Å²) < 4.78 is 44.0. The molecule has 0 saturated heterocycles. The van der Waals surface area contributed by atoms with Gasteiger partial charge in [-0.3, -0.25) is 0 Å². The first-order valence-electron chi connectivity index (χ1n) is 7.94. The summed E-state index contributed by atoms with van der Waals surface area (Å²) in [6, 6.07) is 21.9. The van der Waals surface area contributed by atoms with Gasteiger partial charge in [0.25, 0.3) is 0 Å². The second-order valence-corrected chi connectivity index (χ2v) is 7.48. The van der Waals surface area contributed by atoms with Crippen LogP contribution >= 0.6 is 0 Å². The van der Waals surface area contributed by atoms with E-state index >= 15 is 0 Å². The van der Waals surface area contributed by atoms with Gasteiger partial charge >= 0.3 is 0 Å². The molecule has 6 heteroatoms. The fourth-order valence-corrected chi connectivity index (χ4v) is 3.51. The first-order valence-corrected chi connectivity index (χ1v) is 9.43. The molecule has 0 spiro atoms. The second-order valence-electron chi connectivity index (χ2n) is 5.57. The van der Waals surface area contributed by atoms with E-state index in [1.165, 1.54) is 6.08 Å². The van der Waals surface area contributed by atoms with Crippen LogP contribution in [0.15, 0.2) is 88.7 Å². The average Bonchev–Trinajstić information content (AvgIpc) is 2.67. The predicted molar refractivity (Wildman–Crippen MR) is 100 cm³/mol. The molecule has 0 aliphatic rings. The van der Waals surface area contributed by atoms with Crippen LogP contribution < -0.4 is 4.74 Å². The Morgan fingerprint density at radius 3 is 2.26 bits per heavy atom. The lowest BCUT2D eigenvalue weighted by atomic mass is 10.2. The topological polar surface area (TPSA) is 67.2 Å². The fourth-order valence-electron chi connectivity index (χ4n) is 2.35. The predicted octanol–water partition coefficient (Wildman–Crippen LogP) is 4.96. The lowest BCUT2D eigenvalue weighted by molar-refractivity contribution is 0.482. The number of nitriles is 1. The highest BCUT2D eigenvalue weighted by molar-refractivity contribution is 7.95. The highest BCUT2D eigenvalue weighted by Gasteiger charge is 2.20. The molecular weight excluding hydrogens is 365 g/mol. The van der Waals surface area contributed by atoms with E-state index in [0.29, 0.717) is 17.1 Å². The molecule has 0 N–H and O–H groups in total. The van der Waals surface area contributed by atoms with Crippen molar-refractivity contribution in [1.82, 2.24) is 0 Å². The van der Waals surface area contributed by atoms with Crippen molar-refractivity contribution in [2.45, 2.75) is 4.90 Å². The normalized spacial score (nSPS) is 11.6. The van der Waals surface area contributed by atoms with Crippen LogP contribution in [-0.2, 0) is 9.84 Å². The molecule has 0 heterocycles. The first-order chi connectivity index (χ1) is 13.0. The summed E-state index contributed by atoms with van der Waals surface area (Å²) in [5.74, 6) is 0.590. The molecular formula is C21H14FNO3S. The Morgan fingerprint density at radius 2 is 1.59 bits per heavy atom. The SMILES string of the molecule is N#CC(=Cc1cccc(Oc2ccccc2)c1)S(=O)(=O)c1ccc(F)cc1. The molecule has 0 aromatic heterocycles. The zero-order valence-electron chi connectivity index (χ0n) is 14.0. The lowest BCUT2D eigenvalue weighted by Crippen LogP contribution is -2.03. The van der Waals surface area contributed by atoms with Crippen molar-refractivity contribution >= 4 is 15.9 Å². The maximum Gasteiger partial charge on any atom is 0.216 e. The molecule has 3 aromatic rings. The molecule has 4 nitrogen and oxygen atoms in total. The molecule has 0 aliphatic heterocycles. The van der Waals surface area contributed by atoms with Crippen molar-refractivity contribution < 1.29 is 17.5 Å². The largest absolute Gasteiger partial charge is 0.457 e. The van der Waals surface area contributed by atoms with E-state index in [2.05, 4.69) is 0 Å². The van der Waals surface area contributed by atoms with E-state index in [9.17, 15) is 18.1 Å². The molecule has 0 amide bonds. The van der Waals surface area contributed by atoms with Crippen molar-refractivity contribution in [3.63, 3.8) is 0 Å². The molecule has 0 unspecified atom stereocenters. The minimum atomic E-state index is -4.05. The number of hydrogen-bond donors (Lipinski definition) is 0. The van der Waals surface area contributed by atoms with Gasteiger partial charge < -0.3 is 4.74 Å². The van der Waals surface area contributed by atoms with Crippen LogP contribution in [0.5, 0.6) is 11.5 Å². The number of sulfone groups is 1. The number of halogens is 1. The number of benzene rings is 3. The van der Waals surface area contributed by atoms with E-state index in [1.807, 2.05) is 18.2 Å². The van der Waals surface area contributed by atoms with Crippen LogP contribution in [0.4, 0.5) is 4.39 Å². The van der Waals surface area contributed by atoms with E-state index < -0.39 is 20.6 Å². The summed E-state index contributed by atoms with van der Waals surface area (Å²) in [6.07, 6.45) is 1.26. The summed E-state index contributed by atoms with van der Waals surface area (Å²) in [7, 11) is -4.05. The third kappa shape index (κ3) is 4.40. The standard InChI is InChI=1S/C21H14FNO3S/c22-17-9-11-20(12-10-17)27(24,25)21(15-23)14-16-5-4-8-19(13-16)26-18-6-2-1-3-7-18/h1-14H. The molecule has 27 heavy (non-hydrogen) atoms. The Labute approximate surface area is 156 Å². The van der Waals surface area contributed by atoms with Crippen LogP contribution in [0.1, 0.15) is 5.56 Å². The molecule has 3 aromatic carbocycles. The summed E-state index contributed by atoms with van der Waals surface area (Å²) >= 11 is 0. The van der Waals surface area contributed by atoms with Gasteiger partial charge in [-0.1, -0.05) is 30.3 Å². The molecule has 0 radical (unpaired) electrons. The summed E-state index contributed by atoms with van der Waals surface area (Å²) in [4.78, 5) is -0.584. The number of nitrogens with zero attached hydrogens (tertiary/aromatic N) is 1. The quantitative estimate of drug-likeness (QED) is 0.464. The molecule has 0 aliphatic carbocycles. The molecule has 0 atom stereocenters. The third-order valence-electron chi connectivity index (χ3n) is 3.66. The molecule has 3 rings (SSSR count). The van der Waals surface area contributed by atoms with Crippen molar-refractivity contribution in [3.05, 3.63) is 95.1 Å². The molecule has 134 valence electrons. The van der Waals surface area contributed by atoms with Gasteiger partial charge in [0, 0.05) is 0 Å². The number of allylic oxidation sites excluding steroid dienone is 1. The Hall–Kier alpha value is -3.43. The van der Waals surface area contributed by atoms with Crippen molar-refractivity contribution in [3.8, 4) is 17.6 Å². The van der Waals surface area contributed by atoms with Crippen LogP contribution in [-0.4, -0.2) is 8.42 Å². The van der Waals surface area contributed by atoms with Gasteiger partial charge in [0.15, 0.2) is 0 Å². The minimum Gasteiger partial charge on any atom is -0.457 e. The average molecular weight is 379 g/mol. The number of ether oxygens (including phenoxy) is 1. The van der Waals surface area contributed by atoms with Gasteiger partial charge in [-0.2, -0.15) is 5.26 Å². The molecule has 0 bridgehead atoms. The van der Waals surface area contributed by atoms with Crippen molar-refractivity contribution in [1.29, 1.82) is 5.26 Å². The van der Waals surface area contributed by atoms with Gasteiger partial charge in [-0.25, -0.2) is 12.8 Å².